The van der Waals surface area contributed by atoms with Crippen LogP contribution in [0.1, 0.15) is 20.8 Å². The summed E-state index contributed by atoms with van der Waals surface area (Å²) in [6.45, 7) is 4.80. The number of hydrogen-bond acceptors (Lipinski definition) is 6. The van der Waals surface area contributed by atoms with Crippen LogP contribution >= 0.6 is 0 Å². The molecule has 1 fully saturated rings. The number of phenolic OH excluding ortho intramolecular Hbond substituents is 1. The van der Waals surface area contributed by atoms with Gasteiger partial charge in [-0.25, -0.2) is 13.8 Å². The minimum Gasteiger partial charge on any atom is -0.506 e. The van der Waals surface area contributed by atoms with Crippen LogP contribution in [0.2, 0.25) is 0 Å². The van der Waals surface area contributed by atoms with Crippen LogP contribution in [0.5, 0.6) is 5.75 Å². The van der Waals surface area contributed by atoms with Crippen molar-refractivity contribution in [3.8, 4) is 17.0 Å². The number of aromatic nitrogens is 1. The summed E-state index contributed by atoms with van der Waals surface area (Å²) in [4.78, 5) is 23.9. The third kappa shape index (κ3) is 3.75. The lowest BCUT2D eigenvalue weighted by atomic mass is 10.1. The molecule has 1 amide bonds. The number of ether oxygens (including phenoxy) is 1. The fraction of sp³-hybridized carbons (Fsp3) is 0.294. The largest absolute Gasteiger partial charge is 0.506 e. The van der Waals surface area contributed by atoms with E-state index < -0.39 is 34.4 Å². The van der Waals surface area contributed by atoms with Gasteiger partial charge in [0.15, 0.2) is 0 Å². The quantitative estimate of drug-likeness (QED) is 0.804. The molecule has 9 nitrogen and oxygen atoms in total. The molecule has 1 aromatic heterocycles. The zero-order chi connectivity index (χ0) is 20.0. The van der Waals surface area contributed by atoms with Gasteiger partial charge in [0, 0.05) is 11.8 Å². The highest BCUT2D eigenvalue weighted by Crippen LogP contribution is 2.35. The maximum Gasteiger partial charge on any atom is 0.418 e. The molecule has 1 aromatic carbocycles. The summed E-state index contributed by atoms with van der Waals surface area (Å²) in [6, 6.07) is 7.52. The Morgan fingerprint density at radius 3 is 2.56 bits per heavy atom. The lowest BCUT2D eigenvalue weighted by molar-refractivity contribution is -0.117. The third-order valence-corrected chi connectivity index (χ3v) is 5.09. The van der Waals surface area contributed by atoms with Crippen molar-refractivity contribution < 1.29 is 27.9 Å². The maximum atomic E-state index is 12.4. The van der Waals surface area contributed by atoms with Gasteiger partial charge in [-0.05, 0) is 51.1 Å². The SMILES string of the molecule is CC(C)(C)OC(=O)n1cccc1-c1ccc(O)c(N2CC(=O)NS2(=O)=O)c1. The van der Waals surface area contributed by atoms with Crippen LogP contribution in [-0.2, 0) is 19.7 Å². The van der Waals surface area contributed by atoms with Gasteiger partial charge in [-0.2, -0.15) is 8.42 Å². The van der Waals surface area contributed by atoms with E-state index in [1.165, 1.54) is 29.0 Å². The molecule has 1 saturated heterocycles. The lowest BCUT2D eigenvalue weighted by Gasteiger charge is -2.21. The van der Waals surface area contributed by atoms with E-state index in [4.69, 9.17) is 4.74 Å². The van der Waals surface area contributed by atoms with Crippen LogP contribution in [0.15, 0.2) is 36.5 Å². The summed E-state index contributed by atoms with van der Waals surface area (Å²) >= 11 is 0. The molecule has 0 atom stereocenters. The Morgan fingerprint density at radius 2 is 1.96 bits per heavy atom. The highest BCUT2D eigenvalue weighted by molar-refractivity contribution is 7.92. The zero-order valence-electron chi connectivity index (χ0n) is 15.0. The van der Waals surface area contributed by atoms with Crippen LogP contribution in [0, 0.1) is 0 Å². The molecule has 10 heteroatoms. The van der Waals surface area contributed by atoms with Crippen LogP contribution in [-0.4, -0.2) is 42.2 Å². The fourth-order valence-corrected chi connectivity index (χ4v) is 3.79. The molecule has 3 rings (SSSR count). The zero-order valence-corrected chi connectivity index (χ0v) is 15.8. The number of hydrogen-bond donors (Lipinski definition) is 2. The van der Waals surface area contributed by atoms with Crippen molar-refractivity contribution in [3.05, 3.63) is 36.5 Å². The minimum absolute atomic E-state index is 0.0669. The summed E-state index contributed by atoms with van der Waals surface area (Å²) in [7, 11) is -4.07. The first-order valence-corrected chi connectivity index (χ1v) is 9.49. The fourth-order valence-electron chi connectivity index (χ4n) is 2.63. The predicted molar refractivity (Wildman–Crippen MR) is 97.6 cm³/mol. The van der Waals surface area contributed by atoms with Crippen molar-refractivity contribution in [1.82, 2.24) is 9.29 Å². The molecule has 2 N–H and O–H groups in total. The van der Waals surface area contributed by atoms with Crippen molar-refractivity contribution in [2.75, 3.05) is 10.8 Å². The van der Waals surface area contributed by atoms with E-state index >= 15 is 0 Å². The number of carbonyl (C=O) groups is 2. The van der Waals surface area contributed by atoms with Crippen LogP contribution in [0.4, 0.5) is 10.5 Å². The Balaban J connectivity index is 2.03. The van der Waals surface area contributed by atoms with Gasteiger partial charge in [0.2, 0.25) is 0 Å². The Kier molecular flexibility index (Phi) is 4.38. The molecule has 2 heterocycles. The number of anilines is 1. The first-order valence-electron chi connectivity index (χ1n) is 8.05. The number of rotatable bonds is 2. The minimum atomic E-state index is -4.07. The molecule has 0 aliphatic carbocycles. The molecule has 0 saturated carbocycles. The smallest absolute Gasteiger partial charge is 0.418 e. The van der Waals surface area contributed by atoms with Crippen molar-refractivity contribution in [2.45, 2.75) is 26.4 Å². The Hall–Kier alpha value is -3.01. The highest BCUT2D eigenvalue weighted by Gasteiger charge is 2.35. The van der Waals surface area contributed by atoms with Gasteiger partial charge < -0.3 is 9.84 Å². The standard InChI is InChI=1S/C17H19N3O6S/c1-17(2,3)26-16(23)19-8-4-5-12(19)11-6-7-14(21)13(9-11)20-10-15(22)18-27(20,24)25/h4-9,21H,10H2,1-3H3,(H,18,22). The van der Waals surface area contributed by atoms with Crippen LogP contribution in [0.3, 0.4) is 0 Å². The molecule has 144 valence electrons. The van der Waals surface area contributed by atoms with E-state index in [2.05, 4.69) is 0 Å². The van der Waals surface area contributed by atoms with Gasteiger partial charge in [-0.1, -0.05) is 0 Å². The number of nitrogens with zero attached hydrogens (tertiary/aromatic N) is 2. The molecule has 0 radical (unpaired) electrons. The number of aromatic hydroxyl groups is 1. The topological polar surface area (TPSA) is 118 Å². The first-order chi connectivity index (χ1) is 12.5. The summed E-state index contributed by atoms with van der Waals surface area (Å²) in [6.07, 6.45) is 0.927. The van der Waals surface area contributed by atoms with Gasteiger partial charge >= 0.3 is 16.3 Å². The van der Waals surface area contributed by atoms with Gasteiger partial charge in [0.1, 0.15) is 17.9 Å². The van der Waals surface area contributed by atoms with E-state index in [1.54, 1.807) is 32.9 Å². The van der Waals surface area contributed by atoms with Crippen molar-refractivity contribution in [2.24, 2.45) is 0 Å². The highest BCUT2D eigenvalue weighted by atomic mass is 32.2. The second kappa shape index (κ2) is 6.31. The molecular weight excluding hydrogens is 374 g/mol. The van der Waals surface area contributed by atoms with E-state index in [0.717, 1.165) is 4.31 Å². The van der Waals surface area contributed by atoms with E-state index in [1.807, 2.05) is 4.72 Å². The van der Waals surface area contributed by atoms with Gasteiger partial charge in [-0.15, -0.1) is 0 Å². The number of amides is 1. The number of phenols is 1. The lowest BCUT2D eigenvalue weighted by Crippen LogP contribution is -2.29. The number of nitrogens with one attached hydrogen (secondary N) is 1. The van der Waals surface area contributed by atoms with E-state index in [9.17, 15) is 23.1 Å². The maximum absolute atomic E-state index is 12.4. The van der Waals surface area contributed by atoms with Crippen LogP contribution in [0.25, 0.3) is 11.3 Å². The van der Waals surface area contributed by atoms with Gasteiger partial charge in [0.25, 0.3) is 5.91 Å². The molecule has 1 aliphatic rings. The summed E-state index contributed by atoms with van der Waals surface area (Å²) < 4.78 is 33.4. The number of benzene rings is 1. The van der Waals surface area contributed by atoms with Gasteiger partial charge in [0.05, 0.1) is 11.4 Å². The second-order valence-corrected chi connectivity index (χ2v) is 8.58. The van der Waals surface area contributed by atoms with Crippen molar-refractivity contribution >= 4 is 27.9 Å². The van der Waals surface area contributed by atoms with Gasteiger partial charge in [-0.3, -0.25) is 9.36 Å². The molecule has 0 unspecified atom stereocenters. The molecule has 0 bridgehead atoms. The first kappa shape index (κ1) is 18.8. The summed E-state index contributed by atoms with van der Waals surface area (Å²) in [5, 5.41) is 10.1. The van der Waals surface area contributed by atoms with E-state index in [0.29, 0.717) is 11.3 Å². The normalized spacial score (nSPS) is 16.3. The Morgan fingerprint density at radius 1 is 1.26 bits per heavy atom. The summed E-state index contributed by atoms with van der Waals surface area (Å²) in [5.41, 5.74) is 0.159. The average molecular weight is 393 g/mol. The van der Waals surface area contributed by atoms with E-state index in [-0.39, 0.29) is 11.4 Å². The van der Waals surface area contributed by atoms with Crippen molar-refractivity contribution in [1.29, 1.82) is 0 Å². The molecule has 27 heavy (non-hydrogen) atoms. The molecule has 0 spiro atoms. The monoisotopic (exact) mass is 393 g/mol. The second-order valence-electron chi connectivity index (χ2n) is 6.98. The van der Waals surface area contributed by atoms with Crippen molar-refractivity contribution in [3.63, 3.8) is 0 Å². The molecular formula is C17H19N3O6S. The third-order valence-electron chi connectivity index (χ3n) is 3.70. The Bertz CT molecular complexity index is 1020. The van der Waals surface area contributed by atoms with Crippen LogP contribution < -0.4 is 9.03 Å². The molecule has 1 aliphatic heterocycles. The number of carbonyl (C=O) groups excluding carboxylic acids is 2. The average Bonchev–Trinajstić information content (AvgIpc) is 3.10. The molecule has 2 aromatic rings. The Labute approximate surface area is 156 Å². The predicted octanol–water partition coefficient (Wildman–Crippen LogP) is 1.82. The summed E-state index contributed by atoms with van der Waals surface area (Å²) in [5.74, 6) is -1.01.